The van der Waals surface area contributed by atoms with Crippen LogP contribution in [-0.2, 0) is 7.05 Å². The van der Waals surface area contributed by atoms with E-state index in [1.54, 1.807) is 11.3 Å². The number of aryl methyl sites for hydroxylation is 3. The van der Waals surface area contributed by atoms with Crippen molar-refractivity contribution in [3.8, 4) is 0 Å². The van der Waals surface area contributed by atoms with Crippen molar-refractivity contribution in [2.24, 2.45) is 12.8 Å². The summed E-state index contributed by atoms with van der Waals surface area (Å²) in [6.45, 7) is 4.55. The van der Waals surface area contributed by atoms with Crippen molar-refractivity contribution < 1.29 is 0 Å². The van der Waals surface area contributed by atoms with Crippen molar-refractivity contribution in [1.29, 1.82) is 0 Å². The molecule has 0 aliphatic rings. The van der Waals surface area contributed by atoms with E-state index in [4.69, 9.17) is 5.73 Å². The van der Waals surface area contributed by atoms with E-state index in [-0.39, 0.29) is 5.92 Å². The lowest BCUT2D eigenvalue weighted by molar-refractivity contribution is 0.657. The van der Waals surface area contributed by atoms with Crippen LogP contribution < -0.4 is 5.73 Å². The average Bonchev–Trinajstić information content (AvgIpc) is 2.76. The number of hydrogen-bond acceptors (Lipinski definition) is 4. The molecule has 1 unspecified atom stereocenters. The van der Waals surface area contributed by atoms with Crippen molar-refractivity contribution in [2.75, 3.05) is 6.54 Å². The van der Waals surface area contributed by atoms with Gasteiger partial charge in [-0.05, 0) is 19.9 Å². The summed E-state index contributed by atoms with van der Waals surface area (Å²) in [7, 11) is 1.95. The van der Waals surface area contributed by atoms with E-state index < -0.39 is 0 Å². The Labute approximate surface area is 99.1 Å². The Balaban J connectivity index is 2.40. The molecule has 86 valence electrons. The molecule has 0 aliphatic carbocycles. The first-order valence-corrected chi connectivity index (χ1v) is 6.12. The molecule has 4 nitrogen and oxygen atoms in total. The molecule has 16 heavy (non-hydrogen) atoms. The molecule has 0 aliphatic heterocycles. The van der Waals surface area contributed by atoms with Crippen LogP contribution in [0.1, 0.15) is 28.0 Å². The van der Waals surface area contributed by atoms with Crippen LogP contribution >= 0.6 is 11.3 Å². The van der Waals surface area contributed by atoms with E-state index >= 15 is 0 Å². The predicted molar refractivity (Wildman–Crippen MR) is 65.7 cm³/mol. The number of hydrogen-bond donors (Lipinski definition) is 1. The smallest absolute Gasteiger partial charge is 0.103 e. The first-order chi connectivity index (χ1) is 7.61. The Hall–Kier alpha value is -1.20. The fourth-order valence-corrected chi connectivity index (χ4v) is 2.76. The van der Waals surface area contributed by atoms with Gasteiger partial charge >= 0.3 is 0 Å². The summed E-state index contributed by atoms with van der Waals surface area (Å²) in [6.07, 6.45) is 0. The summed E-state index contributed by atoms with van der Waals surface area (Å²) in [5.41, 5.74) is 9.05. The van der Waals surface area contributed by atoms with Gasteiger partial charge in [-0.25, -0.2) is 4.98 Å². The first kappa shape index (κ1) is 11.3. The summed E-state index contributed by atoms with van der Waals surface area (Å²) in [4.78, 5) is 4.51. The Morgan fingerprint density at radius 3 is 2.62 bits per heavy atom. The third-order valence-corrected chi connectivity index (χ3v) is 3.64. The molecule has 2 N–H and O–H groups in total. The second-order valence-electron chi connectivity index (χ2n) is 3.95. The predicted octanol–water partition coefficient (Wildman–Crippen LogP) is 1.58. The third-order valence-electron chi connectivity index (χ3n) is 2.57. The van der Waals surface area contributed by atoms with Crippen molar-refractivity contribution in [3.05, 3.63) is 33.5 Å². The molecule has 0 fully saturated rings. The van der Waals surface area contributed by atoms with Gasteiger partial charge in [-0.15, -0.1) is 11.3 Å². The zero-order valence-electron chi connectivity index (χ0n) is 9.77. The summed E-state index contributed by atoms with van der Waals surface area (Å²) >= 11 is 1.66. The van der Waals surface area contributed by atoms with Crippen LogP contribution in [0.25, 0.3) is 0 Å². The summed E-state index contributed by atoms with van der Waals surface area (Å²) in [5.74, 6) is 0.157. The van der Waals surface area contributed by atoms with Gasteiger partial charge in [-0.2, -0.15) is 5.10 Å². The minimum Gasteiger partial charge on any atom is -0.329 e. The van der Waals surface area contributed by atoms with Gasteiger partial charge in [0.25, 0.3) is 0 Å². The molecule has 2 heterocycles. The molecule has 0 saturated heterocycles. The van der Waals surface area contributed by atoms with Gasteiger partial charge in [0, 0.05) is 30.4 Å². The van der Waals surface area contributed by atoms with Crippen LogP contribution in [0.3, 0.4) is 0 Å². The molecule has 1 atom stereocenters. The highest BCUT2D eigenvalue weighted by molar-refractivity contribution is 7.09. The summed E-state index contributed by atoms with van der Waals surface area (Å²) in [6, 6.07) is 2.08. The van der Waals surface area contributed by atoms with E-state index in [2.05, 4.69) is 21.5 Å². The van der Waals surface area contributed by atoms with Crippen LogP contribution in [0.15, 0.2) is 11.4 Å². The van der Waals surface area contributed by atoms with Crippen LogP contribution in [0.4, 0.5) is 0 Å². The van der Waals surface area contributed by atoms with Crippen LogP contribution in [0.2, 0.25) is 0 Å². The molecule has 2 rings (SSSR count). The van der Waals surface area contributed by atoms with Gasteiger partial charge in [0.2, 0.25) is 0 Å². The number of nitrogens with two attached hydrogens (primary N) is 1. The Morgan fingerprint density at radius 1 is 1.44 bits per heavy atom. The maximum atomic E-state index is 5.85. The van der Waals surface area contributed by atoms with Crippen LogP contribution in [0, 0.1) is 13.8 Å². The van der Waals surface area contributed by atoms with Gasteiger partial charge in [0.05, 0.1) is 11.6 Å². The molecule has 0 spiro atoms. The minimum atomic E-state index is 0.157. The fourth-order valence-electron chi connectivity index (χ4n) is 1.84. The average molecular weight is 236 g/mol. The highest BCUT2D eigenvalue weighted by Crippen LogP contribution is 2.26. The molecule has 0 aromatic carbocycles. The SMILES string of the molecule is Cc1csc(C(CN)c2cc(C)nn2C)n1. The van der Waals surface area contributed by atoms with E-state index in [1.165, 1.54) is 0 Å². The molecule has 0 amide bonds. The maximum Gasteiger partial charge on any atom is 0.103 e. The van der Waals surface area contributed by atoms with Crippen LogP contribution in [-0.4, -0.2) is 21.3 Å². The van der Waals surface area contributed by atoms with Gasteiger partial charge in [-0.3, -0.25) is 4.68 Å². The Bertz CT molecular complexity index is 486. The number of rotatable bonds is 3. The lowest BCUT2D eigenvalue weighted by atomic mass is 10.1. The van der Waals surface area contributed by atoms with Gasteiger partial charge in [0.1, 0.15) is 5.01 Å². The Kier molecular flexibility index (Phi) is 3.07. The van der Waals surface area contributed by atoms with Crippen molar-refractivity contribution in [3.63, 3.8) is 0 Å². The van der Waals surface area contributed by atoms with Crippen molar-refractivity contribution in [2.45, 2.75) is 19.8 Å². The van der Waals surface area contributed by atoms with Gasteiger partial charge < -0.3 is 5.73 Å². The highest BCUT2D eigenvalue weighted by atomic mass is 32.1. The third kappa shape index (κ3) is 2.01. The molecule has 0 bridgehead atoms. The van der Waals surface area contributed by atoms with Crippen LogP contribution in [0.5, 0.6) is 0 Å². The number of aromatic nitrogens is 3. The largest absolute Gasteiger partial charge is 0.329 e. The summed E-state index contributed by atoms with van der Waals surface area (Å²) < 4.78 is 1.89. The second kappa shape index (κ2) is 4.35. The minimum absolute atomic E-state index is 0.157. The molecule has 2 aromatic rings. The fraction of sp³-hybridized carbons (Fsp3) is 0.455. The van der Waals surface area contributed by atoms with E-state index in [1.807, 2.05) is 25.6 Å². The van der Waals surface area contributed by atoms with E-state index in [0.29, 0.717) is 6.54 Å². The maximum absolute atomic E-state index is 5.85. The normalized spacial score (nSPS) is 13.0. The summed E-state index contributed by atoms with van der Waals surface area (Å²) in [5, 5.41) is 7.48. The van der Waals surface area contributed by atoms with E-state index in [0.717, 1.165) is 22.1 Å². The molecule has 0 radical (unpaired) electrons. The lowest BCUT2D eigenvalue weighted by Crippen LogP contribution is -2.16. The van der Waals surface area contributed by atoms with Gasteiger partial charge in [0.15, 0.2) is 0 Å². The molecule has 0 saturated carbocycles. The Morgan fingerprint density at radius 2 is 2.19 bits per heavy atom. The monoisotopic (exact) mass is 236 g/mol. The molecular weight excluding hydrogens is 220 g/mol. The molecular formula is C11H16N4S. The first-order valence-electron chi connectivity index (χ1n) is 5.24. The standard InChI is InChI=1S/C11H16N4S/c1-7-4-10(15(3)14-7)9(5-12)11-13-8(2)6-16-11/h4,6,9H,5,12H2,1-3H3. The zero-order valence-corrected chi connectivity index (χ0v) is 10.6. The topological polar surface area (TPSA) is 56.7 Å². The molecule has 5 heteroatoms. The van der Waals surface area contributed by atoms with Gasteiger partial charge in [-0.1, -0.05) is 0 Å². The highest BCUT2D eigenvalue weighted by Gasteiger charge is 2.19. The number of nitrogens with zero attached hydrogens (tertiary/aromatic N) is 3. The van der Waals surface area contributed by atoms with Crippen molar-refractivity contribution in [1.82, 2.24) is 14.8 Å². The lowest BCUT2D eigenvalue weighted by Gasteiger charge is -2.11. The number of thiazole rings is 1. The van der Waals surface area contributed by atoms with Crippen molar-refractivity contribution >= 4 is 11.3 Å². The quantitative estimate of drug-likeness (QED) is 0.880. The zero-order chi connectivity index (χ0) is 11.7. The molecule has 2 aromatic heterocycles. The second-order valence-corrected chi connectivity index (χ2v) is 4.84. The van der Waals surface area contributed by atoms with E-state index in [9.17, 15) is 0 Å².